The number of carbonyl (C=O) groups is 1. The van der Waals surface area contributed by atoms with E-state index in [4.69, 9.17) is 5.73 Å². The van der Waals surface area contributed by atoms with Crippen LogP contribution in [-0.2, 0) is 6.54 Å². The van der Waals surface area contributed by atoms with Gasteiger partial charge >= 0.3 is 6.03 Å². The molecule has 0 aliphatic heterocycles. The second-order valence-corrected chi connectivity index (χ2v) is 4.65. The summed E-state index contributed by atoms with van der Waals surface area (Å²) in [5, 5.41) is 5.70. The van der Waals surface area contributed by atoms with Gasteiger partial charge in [0.15, 0.2) is 0 Å². The monoisotopic (exact) mass is 233 g/mol. The highest BCUT2D eigenvalue weighted by molar-refractivity contribution is 5.73. The maximum absolute atomic E-state index is 11.5. The van der Waals surface area contributed by atoms with Crippen molar-refractivity contribution in [2.45, 2.75) is 25.4 Å². The number of hydrogen-bond donors (Lipinski definition) is 3. The topological polar surface area (TPSA) is 67.1 Å². The molecule has 0 saturated heterocycles. The average Bonchev–Trinajstić information content (AvgIpc) is 2.32. The zero-order valence-corrected chi connectivity index (χ0v) is 9.86. The summed E-state index contributed by atoms with van der Waals surface area (Å²) in [6, 6.07) is 10.1. The van der Waals surface area contributed by atoms with E-state index in [9.17, 15) is 4.79 Å². The molecule has 1 aromatic rings. The molecular formula is C13H19N3O. The van der Waals surface area contributed by atoms with Gasteiger partial charge in [0, 0.05) is 19.1 Å². The Labute approximate surface area is 102 Å². The molecular weight excluding hydrogens is 214 g/mol. The van der Waals surface area contributed by atoms with Gasteiger partial charge in [-0.1, -0.05) is 30.3 Å². The van der Waals surface area contributed by atoms with Crippen molar-refractivity contribution in [3.8, 4) is 0 Å². The van der Waals surface area contributed by atoms with Gasteiger partial charge in [-0.25, -0.2) is 4.79 Å². The van der Waals surface area contributed by atoms with E-state index in [1.807, 2.05) is 30.3 Å². The Morgan fingerprint density at radius 1 is 1.24 bits per heavy atom. The van der Waals surface area contributed by atoms with Crippen molar-refractivity contribution in [3.05, 3.63) is 35.9 Å². The minimum absolute atomic E-state index is 0.102. The molecule has 1 saturated carbocycles. The van der Waals surface area contributed by atoms with Crippen LogP contribution in [0.1, 0.15) is 18.4 Å². The van der Waals surface area contributed by atoms with E-state index in [0.717, 1.165) is 24.9 Å². The average molecular weight is 233 g/mol. The van der Waals surface area contributed by atoms with Crippen LogP contribution in [0.15, 0.2) is 30.3 Å². The lowest BCUT2D eigenvalue weighted by Gasteiger charge is -2.32. The maximum Gasteiger partial charge on any atom is 0.315 e. The third kappa shape index (κ3) is 3.75. The predicted octanol–water partition coefficient (Wildman–Crippen LogP) is 1.22. The lowest BCUT2D eigenvalue weighted by atomic mass is 9.81. The van der Waals surface area contributed by atoms with Crippen molar-refractivity contribution >= 4 is 6.03 Å². The lowest BCUT2D eigenvalue weighted by Crippen LogP contribution is -2.45. The number of urea groups is 1. The van der Waals surface area contributed by atoms with Crippen molar-refractivity contribution in [1.82, 2.24) is 10.6 Å². The van der Waals surface area contributed by atoms with Crippen LogP contribution < -0.4 is 16.4 Å². The molecule has 92 valence electrons. The number of carbonyl (C=O) groups excluding carboxylic acids is 1. The molecule has 0 unspecified atom stereocenters. The molecule has 0 heterocycles. The highest BCUT2D eigenvalue weighted by Gasteiger charge is 2.25. The first-order chi connectivity index (χ1) is 8.24. The van der Waals surface area contributed by atoms with Crippen molar-refractivity contribution in [1.29, 1.82) is 0 Å². The number of benzene rings is 1. The highest BCUT2D eigenvalue weighted by Crippen LogP contribution is 2.24. The molecule has 0 spiro atoms. The standard InChI is InChI=1S/C13H19N3O/c14-12-6-11(7-12)9-16-13(17)15-8-10-4-2-1-3-5-10/h1-5,11-12H,6-9,14H2,(H2,15,16,17). The molecule has 4 nitrogen and oxygen atoms in total. The molecule has 17 heavy (non-hydrogen) atoms. The Morgan fingerprint density at radius 3 is 2.59 bits per heavy atom. The Morgan fingerprint density at radius 2 is 1.94 bits per heavy atom. The van der Waals surface area contributed by atoms with Gasteiger partial charge in [0.2, 0.25) is 0 Å². The van der Waals surface area contributed by atoms with Gasteiger partial charge in [0.1, 0.15) is 0 Å². The third-order valence-electron chi connectivity index (χ3n) is 3.12. The largest absolute Gasteiger partial charge is 0.338 e. The molecule has 1 aromatic carbocycles. The molecule has 0 atom stereocenters. The van der Waals surface area contributed by atoms with Crippen LogP contribution >= 0.6 is 0 Å². The van der Waals surface area contributed by atoms with Crippen molar-refractivity contribution in [2.24, 2.45) is 11.7 Å². The molecule has 1 fully saturated rings. The zero-order chi connectivity index (χ0) is 12.1. The van der Waals surface area contributed by atoms with E-state index < -0.39 is 0 Å². The number of rotatable bonds is 4. The van der Waals surface area contributed by atoms with Crippen LogP contribution in [0.25, 0.3) is 0 Å². The normalized spacial score (nSPS) is 22.6. The molecule has 0 bridgehead atoms. The fourth-order valence-electron chi connectivity index (χ4n) is 2.03. The molecule has 1 aliphatic carbocycles. The van der Waals surface area contributed by atoms with Gasteiger partial charge in [0.25, 0.3) is 0 Å². The van der Waals surface area contributed by atoms with E-state index in [-0.39, 0.29) is 6.03 Å². The lowest BCUT2D eigenvalue weighted by molar-refractivity contribution is 0.225. The quantitative estimate of drug-likeness (QED) is 0.732. The Hall–Kier alpha value is -1.55. The first kappa shape index (κ1) is 11.9. The van der Waals surface area contributed by atoms with E-state index >= 15 is 0 Å². The zero-order valence-electron chi connectivity index (χ0n) is 9.86. The molecule has 0 aromatic heterocycles. The smallest absolute Gasteiger partial charge is 0.315 e. The maximum atomic E-state index is 11.5. The van der Waals surface area contributed by atoms with E-state index in [2.05, 4.69) is 10.6 Å². The Bertz CT molecular complexity index is 360. The van der Waals surface area contributed by atoms with Crippen molar-refractivity contribution in [2.75, 3.05) is 6.54 Å². The summed E-state index contributed by atoms with van der Waals surface area (Å²) in [6.45, 7) is 1.30. The van der Waals surface area contributed by atoms with Gasteiger partial charge in [0.05, 0.1) is 0 Å². The van der Waals surface area contributed by atoms with Crippen LogP contribution in [0.5, 0.6) is 0 Å². The van der Waals surface area contributed by atoms with Crippen LogP contribution in [0.4, 0.5) is 4.79 Å². The minimum Gasteiger partial charge on any atom is -0.338 e. The molecule has 4 N–H and O–H groups in total. The highest BCUT2D eigenvalue weighted by atomic mass is 16.2. The number of hydrogen-bond acceptors (Lipinski definition) is 2. The van der Waals surface area contributed by atoms with E-state index in [1.54, 1.807) is 0 Å². The fraction of sp³-hybridized carbons (Fsp3) is 0.462. The summed E-state index contributed by atoms with van der Waals surface area (Å²) in [7, 11) is 0. The van der Waals surface area contributed by atoms with Crippen LogP contribution in [0.3, 0.4) is 0 Å². The summed E-state index contributed by atoms with van der Waals surface area (Å²) in [5.74, 6) is 0.562. The molecule has 2 amide bonds. The molecule has 4 heteroatoms. The summed E-state index contributed by atoms with van der Waals surface area (Å²) >= 11 is 0. The van der Waals surface area contributed by atoms with Gasteiger partial charge in [-0.05, 0) is 24.3 Å². The second kappa shape index (κ2) is 5.68. The van der Waals surface area contributed by atoms with Gasteiger partial charge in [-0.3, -0.25) is 0 Å². The first-order valence-electron chi connectivity index (χ1n) is 6.05. The molecule has 0 radical (unpaired) electrons. The summed E-state index contributed by atoms with van der Waals surface area (Å²) in [4.78, 5) is 11.5. The number of amides is 2. The van der Waals surface area contributed by atoms with E-state index in [1.165, 1.54) is 0 Å². The minimum atomic E-state index is -0.102. The van der Waals surface area contributed by atoms with Crippen molar-refractivity contribution in [3.63, 3.8) is 0 Å². The number of nitrogens with one attached hydrogen (secondary N) is 2. The molecule has 2 rings (SSSR count). The third-order valence-corrected chi connectivity index (χ3v) is 3.12. The van der Waals surface area contributed by atoms with Crippen LogP contribution in [-0.4, -0.2) is 18.6 Å². The van der Waals surface area contributed by atoms with E-state index in [0.29, 0.717) is 18.5 Å². The van der Waals surface area contributed by atoms with Crippen LogP contribution in [0, 0.1) is 5.92 Å². The van der Waals surface area contributed by atoms with Gasteiger partial charge < -0.3 is 16.4 Å². The van der Waals surface area contributed by atoms with Crippen LogP contribution in [0.2, 0.25) is 0 Å². The molecule has 1 aliphatic rings. The first-order valence-corrected chi connectivity index (χ1v) is 6.05. The summed E-state index contributed by atoms with van der Waals surface area (Å²) in [5.41, 5.74) is 6.79. The predicted molar refractivity (Wildman–Crippen MR) is 67.4 cm³/mol. The Balaban J connectivity index is 1.61. The fourth-order valence-corrected chi connectivity index (χ4v) is 2.03. The Kier molecular flexibility index (Phi) is 3.98. The summed E-state index contributed by atoms with van der Waals surface area (Å²) < 4.78 is 0. The van der Waals surface area contributed by atoms with Crippen molar-refractivity contribution < 1.29 is 4.79 Å². The van der Waals surface area contributed by atoms with Gasteiger partial charge in [-0.15, -0.1) is 0 Å². The van der Waals surface area contributed by atoms with Gasteiger partial charge in [-0.2, -0.15) is 0 Å². The SMILES string of the molecule is NC1CC(CNC(=O)NCc2ccccc2)C1. The summed E-state index contributed by atoms with van der Waals surface area (Å²) in [6.07, 6.45) is 2.05. The number of nitrogens with two attached hydrogens (primary N) is 1. The second-order valence-electron chi connectivity index (χ2n) is 4.65.